The smallest absolute Gasteiger partial charge is 0.274 e. The first kappa shape index (κ1) is 14.8. The van der Waals surface area contributed by atoms with Crippen molar-refractivity contribution in [3.8, 4) is 0 Å². The summed E-state index contributed by atoms with van der Waals surface area (Å²) < 4.78 is 0. The summed E-state index contributed by atoms with van der Waals surface area (Å²) in [6.07, 6.45) is 5.30. The summed E-state index contributed by atoms with van der Waals surface area (Å²) in [6, 6.07) is 0. The predicted molar refractivity (Wildman–Crippen MR) is 79.7 cm³/mol. The number of likely N-dealkylation sites (tertiary alicyclic amines) is 1. The molecule has 0 saturated carbocycles. The average molecular weight is 276 g/mol. The summed E-state index contributed by atoms with van der Waals surface area (Å²) in [5.74, 6) is 1.90. The first-order valence-electron chi connectivity index (χ1n) is 7.47. The Morgan fingerprint density at radius 1 is 1.40 bits per heavy atom. The molecule has 1 amide bonds. The molecule has 2 unspecified atom stereocenters. The van der Waals surface area contributed by atoms with Crippen LogP contribution in [0.2, 0.25) is 0 Å². The highest BCUT2D eigenvalue weighted by Gasteiger charge is 2.27. The monoisotopic (exact) mass is 276 g/mol. The standard InChI is InChI=1S/C15H24N4O/c1-4-6-17-14-9-16-8-13(18-14)15(20)19-7-5-11(2)12(3)10-19/h8-9,11-12H,4-7,10H2,1-3H3,(H,17,18). The van der Waals surface area contributed by atoms with Gasteiger partial charge < -0.3 is 10.2 Å². The molecule has 1 saturated heterocycles. The van der Waals surface area contributed by atoms with Gasteiger partial charge in [0, 0.05) is 19.6 Å². The molecular formula is C15H24N4O. The molecule has 5 heteroatoms. The van der Waals surface area contributed by atoms with Crippen LogP contribution in [0.4, 0.5) is 5.82 Å². The maximum Gasteiger partial charge on any atom is 0.274 e. The Morgan fingerprint density at radius 2 is 2.20 bits per heavy atom. The number of rotatable bonds is 4. The zero-order valence-corrected chi connectivity index (χ0v) is 12.6. The molecular weight excluding hydrogens is 252 g/mol. The molecule has 0 bridgehead atoms. The fourth-order valence-electron chi connectivity index (χ4n) is 2.42. The molecule has 0 spiro atoms. The van der Waals surface area contributed by atoms with Gasteiger partial charge in [0.05, 0.1) is 12.4 Å². The number of anilines is 1. The van der Waals surface area contributed by atoms with Crippen LogP contribution in [0.15, 0.2) is 12.4 Å². The van der Waals surface area contributed by atoms with Gasteiger partial charge in [-0.2, -0.15) is 0 Å². The molecule has 20 heavy (non-hydrogen) atoms. The third kappa shape index (κ3) is 3.46. The van der Waals surface area contributed by atoms with Gasteiger partial charge in [-0.15, -0.1) is 0 Å². The van der Waals surface area contributed by atoms with Crippen molar-refractivity contribution in [2.24, 2.45) is 11.8 Å². The molecule has 1 fully saturated rings. The summed E-state index contributed by atoms with van der Waals surface area (Å²) in [5, 5.41) is 3.16. The van der Waals surface area contributed by atoms with Crippen LogP contribution in [-0.2, 0) is 0 Å². The zero-order chi connectivity index (χ0) is 14.5. The third-order valence-corrected chi connectivity index (χ3v) is 4.03. The van der Waals surface area contributed by atoms with E-state index in [1.54, 1.807) is 12.4 Å². The van der Waals surface area contributed by atoms with E-state index in [1.165, 1.54) is 0 Å². The number of carbonyl (C=O) groups excluding carboxylic acids is 1. The minimum atomic E-state index is -0.00333. The van der Waals surface area contributed by atoms with E-state index in [1.807, 2.05) is 4.90 Å². The van der Waals surface area contributed by atoms with Crippen molar-refractivity contribution >= 4 is 11.7 Å². The number of aromatic nitrogens is 2. The molecule has 2 rings (SSSR count). The molecule has 1 N–H and O–H groups in total. The number of amides is 1. The van der Waals surface area contributed by atoms with Crippen LogP contribution in [0.3, 0.4) is 0 Å². The summed E-state index contributed by atoms with van der Waals surface area (Å²) in [6.45, 7) is 9.01. The number of hydrogen-bond acceptors (Lipinski definition) is 4. The van der Waals surface area contributed by atoms with Crippen molar-refractivity contribution in [1.29, 1.82) is 0 Å². The maximum absolute atomic E-state index is 12.5. The Morgan fingerprint density at radius 3 is 2.90 bits per heavy atom. The summed E-state index contributed by atoms with van der Waals surface area (Å²) >= 11 is 0. The molecule has 5 nitrogen and oxygen atoms in total. The van der Waals surface area contributed by atoms with Crippen molar-refractivity contribution in [3.05, 3.63) is 18.1 Å². The quantitative estimate of drug-likeness (QED) is 0.917. The van der Waals surface area contributed by atoms with Gasteiger partial charge in [0.25, 0.3) is 5.91 Å². The van der Waals surface area contributed by atoms with E-state index in [2.05, 4.69) is 36.1 Å². The van der Waals surface area contributed by atoms with E-state index in [0.717, 1.165) is 32.5 Å². The average Bonchev–Trinajstić information content (AvgIpc) is 2.47. The Labute approximate surface area is 120 Å². The SMILES string of the molecule is CCCNc1cncc(C(=O)N2CCC(C)C(C)C2)n1. The molecule has 0 aliphatic carbocycles. The van der Waals surface area contributed by atoms with Crippen LogP contribution in [0, 0.1) is 11.8 Å². The Balaban J connectivity index is 2.05. The molecule has 1 aromatic rings. The second kappa shape index (κ2) is 6.68. The summed E-state index contributed by atoms with van der Waals surface area (Å²) in [4.78, 5) is 22.9. The van der Waals surface area contributed by atoms with E-state index >= 15 is 0 Å². The second-order valence-corrected chi connectivity index (χ2v) is 5.71. The first-order chi connectivity index (χ1) is 9.61. The molecule has 1 aliphatic heterocycles. The van der Waals surface area contributed by atoms with Gasteiger partial charge in [0.2, 0.25) is 0 Å². The highest BCUT2D eigenvalue weighted by Crippen LogP contribution is 2.23. The summed E-state index contributed by atoms with van der Waals surface area (Å²) in [5.41, 5.74) is 0.438. The van der Waals surface area contributed by atoms with E-state index in [-0.39, 0.29) is 5.91 Å². The maximum atomic E-state index is 12.5. The minimum absolute atomic E-state index is 0.00333. The van der Waals surface area contributed by atoms with Crippen molar-refractivity contribution in [1.82, 2.24) is 14.9 Å². The molecule has 2 atom stereocenters. The largest absolute Gasteiger partial charge is 0.369 e. The lowest BCUT2D eigenvalue weighted by Crippen LogP contribution is -2.42. The van der Waals surface area contributed by atoms with E-state index < -0.39 is 0 Å². The highest BCUT2D eigenvalue weighted by molar-refractivity contribution is 5.92. The first-order valence-corrected chi connectivity index (χ1v) is 7.47. The lowest BCUT2D eigenvalue weighted by molar-refractivity contribution is 0.0621. The number of nitrogens with one attached hydrogen (secondary N) is 1. The van der Waals surface area contributed by atoms with Crippen LogP contribution in [0.25, 0.3) is 0 Å². The van der Waals surface area contributed by atoms with Crippen LogP contribution < -0.4 is 5.32 Å². The van der Waals surface area contributed by atoms with Gasteiger partial charge in [0.15, 0.2) is 0 Å². The van der Waals surface area contributed by atoms with Crippen LogP contribution in [0.1, 0.15) is 44.1 Å². The summed E-state index contributed by atoms with van der Waals surface area (Å²) in [7, 11) is 0. The van der Waals surface area contributed by atoms with Gasteiger partial charge in [-0.3, -0.25) is 9.78 Å². The van der Waals surface area contributed by atoms with Gasteiger partial charge in [-0.1, -0.05) is 20.8 Å². The molecule has 110 valence electrons. The van der Waals surface area contributed by atoms with E-state index in [0.29, 0.717) is 23.3 Å². The minimum Gasteiger partial charge on any atom is -0.369 e. The molecule has 1 aliphatic rings. The molecule has 0 radical (unpaired) electrons. The van der Waals surface area contributed by atoms with Crippen molar-refractivity contribution in [2.75, 3.05) is 25.0 Å². The van der Waals surface area contributed by atoms with Crippen LogP contribution in [-0.4, -0.2) is 40.4 Å². The number of carbonyl (C=O) groups is 1. The predicted octanol–water partition coefficient (Wildman–Crippen LogP) is 2.42. The lowest BCUT2D eigenvalue weighted by atomic mass is 9.88. The third-order valence-electron chi connectivity index (χ3n) is 4.03. The van der Waals surface area contributed by atoms with Crippen LogP contribution >= 0.6 is 0 Å². The van der Waals surface area contributed by atoms with Crippen LogP contribution in [0.5, 0.6) is 0 Å². The lowest BCUT2D eigenvalue weighted by Gasteiger charge is -2.35. The normalized spacial score (nSPS) is 22.6. The second-order valence-electron chi connectivity index (χ2n) is 5.71. The Hall–Kier alpha value is -1.65. The Kier molecular flexibility index (Phi) is 4.93. The topological polar surface area (TPSA) is 58.1 Å². The highest BCUT2D eigenvalue weighted by atomic mass is 16.2. The van der Waals surface area contributed by atoms with Crippen molar-refractivity contribution < 1.29 is 4.79 Å². The van der Waals surface area contributed by atoms with Crippen molar-refractivity contribution in [3.63, 3.8) is 0 Å². The molecule has 2 heterocycles. The Bertz CT molecular complexity index is 463. The number of hydrogen-bond donors (Lipinski definition) is 1. The molecule has 0 aromatic carbocycles. The van der Waals surface area contributed by atoms with Gasteiger partial charge in [-0.25, -0.2) is 4.98 Å². The fraction of sp³-hybridized carbons (Fsp3) is 0.667. The number of piperidine rings is 1. The van der Waals surface area contributed by atoms with Gasteiger partial charge in [0.1, 0.15) is 11.5 Å². The van der Waals surface area contributed by atoms with E-state index in [4.69, 9.17) is 0 Å². The fourth-order valence-corrected chi connectivity index (χ4v) is 2.42. The zero-order valence-electron chi connectivity index (χ0n) is 12.6. The molecule has 1 aromatic heterocycles. The van der Waals surface area contributed by atoms with Crippen molar-refractivity contribution in [2.45, 2.75) is 33.6 Å². The van der Waals surface area contributed by atoms with Gasteiger partial charge in [-0.05, 0) is 24.7 Å². The number of nitrogens with zero attached hydrogens (tertiary/aromatic N) is 3. The van der Waals surface area contributed by atoms with Gasteiger partial charge >= 0.3 is 0 Å². The van der Waals surface area contributed by atoms with E-state index in [9.17, 15) is 4.79 Å².